The maximum absolute atomic E-state index is 13.3. The molecule has 1 aromatic rings. The van der Waals surface area contributed by atoms with E-state index in [1.807, 2.05) is 0 Å². The molecule has 2 aliphatic carbocycles. The molecule has 2 atom stereocenters. The number of nitrogens with zero attached hydrogens (tertiary/aromatic N) is 3. The molecule has 1 aromatic carbocycles. The average Bonchev–Trinajstić information content (AvgIpc) is 3.45. The quantitative estimate of drug-likeness (QED) is 0.611. The highest BCUT2D eigenvalue weighted by molar-refractivity contribution is 7.95. The number of aryl methyl sites for hydroxylation is 2. The summed E-state index contributed by atoms with van der Waals surface area (Å²) in [7, 11) is -7.05. The first-order chi connectivity index (χ1) is 15.5. The van der Waals surface area contributed by atoms with Crippen molar-refractivity contribution in [3.63, 3.8) is 0 Å². The number of hydrogen-bond donors (Lipinski definition) is 2. The molecular weight excluding hydrogens is 462 g/mol. The molecule has 4 rings (SSSR count). The van der Waals surface area contributed by atoms with E-state index in [2.05, 4.69) is 20.5 Å². The van der Waals surface area contributed by atoms with Crippen LogP contribution in [-0.4, -0.2) is 41.3 Å². The highest BCUT2D eigenvalue weighted by Gasteiger charge is 2.40. The monoisotopic (exact) mass is 491 g/mol. The average molecular weight is 492 g/mol. The van der Waals surface area contributed by atoms with Gasteiger partial charge in [-0.3, -0.25) is 0 Å². The number of hydrogen-bond acceptors (Lipinski definition) is 6. The lowest BCUT2D eigenvalue weighted by Gasteiger charge is -2.30. The fourth-order valence-electron chi connectivity index (χ4n) is 5.30. The van der Waals surface area contributed by atoms with E-state index in [0.29, 0.717) is 19.4 Å². The van der Waals surface area contributed by atoms with Crippen molar-refractivity contribution in [2.24, 2.45) is 4.36 Å². The van der Waals surface area contributed by atoms with Crippen LogP contribution in [-0.2, 0) is 45.6 Å². The van der Waals surface area contributed by atoms with Crippen LogP contribution in [0.15, 0.2) is 21.9 Å². The Bertz CT molecular complexity index is 1260. The predicted octanol–water partition coefficient (Wildman–Crippen LogP) is 2.98. The molecule has 11 heteroatoms. The molecule has 0 saturated carbocycles. The second-order valence-electron chi connectivity index (χ2n) is 9.15. The molecule has 9 nitrogen and oxygen atoms in total. The number of nitrogens with one attached hydrogen (secondary N) is 2. The Morgan fingerprint density at radius 1 is 1.15 bits per heavy atom. The fraction of sp³-hybridized carbons (Fsp3) is 0.545. The lowest BCUT2D eigenvalue weighted by Crippen LogP contribution is -2.43. The molecule has 1 saturated heterocycles. The topological polar surface area (TPSA) is 132 Å². The number of benzene rings is 1. The van der Waals surface area contributed by atoms with Crippen LogP contribution >= 0.6 is 0 Å². The van der Waals surface area contributed by atoms with Gasteiger partial charge in [0.1, 0.15) is 0 Å². The van der Waals surface area contributed by atoms with Crippen molar-refractivity contribution in [3.05, 3.63) is 39.8 Å². The standard InChI is InChI=1S/C22H29N5O4S2/c1-22(10-5-12-27(22)32(2,29)30)11-13-33(31,24-15-23)26-21(28)25-20-18-8-3-6-16(18)14-17-7-4-9-19(17)20/h11,13-14H,3-10,12H2,1-2H3,(H2,24,25,26,28,31)/b13-11+/t22-,33?/m1/s1. The van der Waals surface area contributed by atoms with E-state index < -0.39 is 31.5 Å². The van der Waals surface area contributed by atoms with Crippen LogP contribution in [0.4, 0.5) is 10.5 Å². The summed E-state index contributed by atoms with van der Waals surface area (Å²) in [6, 6.07) is 1.55. The van der Waals surface area contributed by atoms with Crippen LogP contribution in [0.1, 0.15) is 54.9 Å². The van der Waals surface area contributed by atoms with Crippen molar-refractivity contribution in [2.75, 3.05) is 18.1 Å². The summed E-state index contributed by atoms with van der Waals surface area (Å²) in [5, 5.41) is 13.1. The Hall–Kier alpha value is -2.42. The maximum atomic E-state index is 13.3. The number of fused-ring (bicyclic) bond motifs is 2. The van der Waals surface area contributed by atoms with Gasteiger partial charge in [0, 0.05) is 17.6 Å². The van der Waals surface area contributed by atoms with Crippen molar-refractivity contribution in [3.8, 4) is 6.19 Å². The van der Waals surface area contributed by atoms with Gasteiger partial charge in [-0.25, -0.2) is 22.1 Å². The molecule has 1 fully saturated rings. The first kappa shape index (κ1) is 23.7. The van der Waals surface area contributed by atoms with E-state index in [0.717, 1.165) is 67.0 Å². The second-order valence-corrected chi connectivity index (χ2v) is 12.9. The highest BCUT2D eigenvalue weighted by atomic mass is 32.2. The molecule has 3 aliphatic rings. The Morgan fingerprint density at radius 2 is 1.79 bits per heavy atom. The number of amides is 2. The number of carbonyl (C=O) groups is 1. The van der Waals surface area contributed by atoms with Gasteiger partial charge in [0.05, 0.1) is 11.8 Å². The van der Waals surface area contributed by atoms with Crippen LogP contribution < -0.4 is 10.0 Å². The highest BCUT2D eigenvalue weighted by Crippen LogP contribution is 2.38. The maximum Gasteiger partial charge on any atom is 0.331 e. The van der Waals surface area contributed by atoms with Crippen molar-refractivity contribution in [1.82, 2.24) is 9.03 Å². The minimum absolute atomic E-state index is 0.356. The molecule has 0 bridgehead atoms. The zero-order valence-corrected chi connectivity index (χ0v) is 20.5. The van der Waals surface area contributed by atoms with Crippen molar-refractivity contribution < 1.29 is 17.4 Å². The third kappa shape index (κ3) is 4.78. The normalized spacial score (nSPS) is 24.2. The van der Waals surface area contributed by atoms with Gasteiger partial charge >= 0.3 is 6.03 Å². The van der Waals surface area contributed by atoms with Gasteiger partial charge in [-0.05, 0) is 80.5 Å². The molecule has 0 aromatic heterocycles. The molecular formula is C22H29N5O4S2. The Kier molecular flexibility index (Phi) is 6.28. The summed E-state index contributed by atoms with van der Waals surface area (Å²) < 4.78 is 44.7. The zero-order valence-electron chi connectivity index (χ0n) is 18.9. The van der Waals surface area contributed by atoms with Crippen LogP contribution in [0.5, 0.6) is 0 Å². The molecule has 2 amide bonds. The van der Waals surface area contributed by atoms with Crippen LogP contribution in [0.2, 0.25) is 0 Å². The first-order valence-corrected chi connectivity index (χ1v) is 14.5. The summed E-state index contributed by atoms with van der Waals surface area (Å²) in [5.41, 5.74) is 4.66. The van der Waals surface area contributed by atoms with Gasteiger partial charge in [0.15, 0.2) is 9.92 Å². The summed E-state index contributed by atoms with van der Waals surface area (Å²) in [4.78, 5) is 12.9. The number of urea groups is 1. The van der Waals surface area contributed by atoms with Crippen LogP contribution in [0.25, 0.3) is 0 Å². The minimum Gasteiger partial charge on any atom is -0.307 e. The van der Waals surface area contributed by atoms with E-state index in [1.165, 1.54) is 27.7 Å². The number of rotatable bonds is 5. The van der Waals surface area contributed by atoms with Gasteiger partial charge in [-0.2, -0.15) is 9.57 Å². The third-order valence-corrected chi connectivity index (χ3v) is 9.49. The SMILES string of the molecule is C[C@]1(/C=C/S(=O)(=NC#N)NC(=O)Nc2c3c(cc4c2CCC4)CCC3)CCCN1S(C)(=O)=O. The molecule has 0 radical (unpaired) electrons. The van der Waals surface area contributed by atoms with Gasteiger partial charge < -0.3 is 5.32 Å². The Labute approximate surface area is 195 Å². The molecule has 2 N–H and O–H groups in total. The van der Waals surface area contributed by atoms with E-state index in [-0.39, 0.29) is 0 Å². The van der Waals surface area contributed by atoms with Gasteiger partial charge in [0.25, 0.3) is 0 Å². The summed E-state index contributed by atoms with van der Waals surface area (Å²) >= 11 is 0. The largest absolute Gasteiger partial charge is 0.331 e. The molecule has 178 valence electrons. The van der Waals surface area contributed by atoms with E-state index >= 15 is 0 Å². The molecule has 1 aliphatic heterocycles. The van der Waals surface area contributed by atoms with E-state index in [4.69, 9.17) is 5.26 Å². The summed E-state index contributed by atoms with van der Waals surface area (Å²) in [5.74, 6) is 0. The molecule has 33 heavy (non-hydrogen) atoms. The lowest BCUT2D eigenvalue weighted by molar-refractivity contribution is 0.257. The number of anilines is 1. The zero-order chi connectivity index (χ0) is 23.9. The lowest BCUT2D eigenvalue weighted by atomic mass is 9.99. The third-order valence-electron chi connectivity index (χ3n) is 6.75. The first-order valence-electron chi connectivity index (χ1n) is 11.1. The van der Waals surface area contributed by atoms with Gasteiger partial charge in [-0.1, -0.05) is 16.5 Å². The Morgan fingerprint density at radius 3 is 2.36 bits per heavy atom. The summed E-state index contributed by atoms with van der Waals surface area (Å²) in [6.45, 7) is 2.08. The van der Waals surface area contributed by atoms with Crippen molar-refractivity contribution in [2.45, 2.75) is 63.8 Å². The molecule has 1 unspecified atom stereocenters. The van der Waals surface area contributed by atoms with Crippen molar-refractivity contribution >= 4 is 31.7 Å². The van der Waals surface area contributed by atoms with E-state index in [1.54, 1.807) is 6.92 Å². The second kappa shape index (κ2) is 8.74. The predicted molar refractivity (Wildman–Crippen MR) is 127 cm³/mol. The number of sulfonamides is 1. The van der Waals surface area contributed by atoms with Crippen molar-refractivity contribution in [1.29, 1.82) is 5.26 Å². The fourth-order valence-corrected chi connectivity index (χ4v) is 7.76. The summed E-state index contributed by atoms with van der Waals surface area (Å²) in [6.07, 6.45) is 11.1. The number of carbonyl (C=O) groups excluding carboxylic acids is 1. The molecule has 1 heterocycles. The number of nitriles is 1. The van der Waals surface area contributed by atoms with Gasteiger partial charge in [-0.15, -0.1) is 0 Å². The van der Waals surface area contributed by atoms with E-state index in [9.17, 15) is 17.4 Å². The van der Waals surface area contributed by atoms with Crippen LogP contribution in [0, 0.1) is 11.5 Å². The smallest absolute Gasteiger partial charge is 0.307 e. The van der Waals surface area contributed by atoms with Crippen LogP contribution in [0.3, 0.4) is 0 Å². The molecule has 0 spiro atoms. The minimum atomic E-state index is -3.58. The Balaban J connectivity index is 1.58. The van der Waals surface area contributed by atoms with Gasteiger partial charge in [0.2, 0.25) is 16.2 Å².